The van der Waals surface area contributed by atoms with Crippen LogP contribution in [-0.2, 0) is 4.74 Å². The van der Waals surface area contributed by atoms with Gasteiger partial charge in [-0.25, -0.2) is 4.98 Å². The van der Waals surface area contributed by atoms with E-state index in [0.717, 1.165) is 25.5 Å². The standard InChI is InChI=1S/C11H17N3O/c1-9-8-14(5-6-15-9)10-3-4-13-11(7-10)12-2/h3-4,7,9H,5-6,8H2,1-2H3,(H,12,13). The van der Waals surface area contributed by atoms with Crippen molar-refractivity contribution in [1.82, 2.24) is 4.98 Å². The first-order valence-electron chi connectivity index (χ1n) is 5.30. The Balaban J connectivity index is 2.13. The van der Waals surface area contributed by atoms with Gasteiger partial charge in [0, 0.05) is 38.1 Å². The molecule has 4 heteroatoms. The Morgan fingerprint density at radius 3 is 3.20 bits per heavy atom. The lowest BCUT2D eigenvalue weighted by atomic mass is 10.2. The second-order valence-corrected chi connectivity index (χ2v) is 3.78. The molecule has 0 radical (unpaired) electrons. The predicted molar refractivity (Wildman–Crippen MR) is 61.4 cm³/mol. The normalized spacial score (nSPS) is 21.5. The highest BCUT2D eigenvalue weighted by molar-refractivity contribution is 5.53. The van der Waals surface area contributed by atoms with E-state index in [1.165, 1.54) is 5.69 Å². The van der Waals surface area contributed by atoms with E-state index in [9.17, 15) is 0 Å². The van der Waals surface area contributed by atoms with E-state index in [1.54, 1.807) is 0 Å². The average molecular weight is 207 g/mol. The Morgan fingerprint density at radius 1 is 1.60 bits per heavy atom. The Labute approximate surface area is 90.3 Å². The summed E-state index contributed by atoms with van der Waals surface area (Å²) in [5, 5.41) is 3.05. The van der Waals surface area contributed by atoms with Crippen LogP contribution in [0.2, 0.25) is 0 Å². The lowest BCUT2D eigenvalue weighted by Crippen LogP contribution is -2.41. The third kappa shape index (κ3) is 2.39. The summed E-state index contributed by atoms with van der Waals surface area (Å²) in [5.41, 5.74) is 1.21. The van der Waals surface area contributed by atoms with E-state index in [4.69, 9.17) is 4.74 Å². The number of hydrogen-bond donors (Lipinski definition) is 1. The smallest absolute Gasteiger partial charge is 0.127 e. The summed E-state index contributed by atoms with van der Waals surface area (Å²) in [6.45, 7) is 4.81. The summed E-state index contributed by atoms with van der Waals surface area (Å²) < 4.78 is 5.51. The van der Waals surface area contributed by atoms with Crippen LogP contribution < -0.4 is 10.2 Å². The number of ether oxygens (including phenoxy) is 1. The lowest BCUT2D eigenvalue weighted by Gasteiger charge is -2.32. The van der Waals surface area contributed by atoms with E-state index < -0.39 is 0 Å². The van der Waals surface area contributed by atoms with Crippen molar-refractivity contribution < 1.29 is 4.74 Å². The van der Waals surface area contributed by atoms with E-state index in [1.807, 2.05) is 19.3 Å². The second kappa shape index (κ2) is 4.49. The van der Waals surface area contributed by atoms with Crippen molar-refractivity contribution in [3.63, 3.8) is 0 Å². The molecular formula is C11H17N3O. The summed E-state index contributed by atoms with van der Waals surface area (Å²) in [4.78, 5) is 6.53. The fraction of sp³-hybridized carbons (Fsp3) is 0.545. The molecule has 1 N–H and O–H groups in total. The minimum absolute atomic E-state index is 0.310. The van der Waals surface area contributed by atoms with Gasteiger partial charge in [0.1, 0.15) is 5.82 Å². The largest absolute Gasteiger partial charge is 0.375 e. The molecule has 0 bridgehead atoms. The number of morpholine rings is 1. The van der Waals surface area contributed by atoms with Crippen LogP contribution >= 0.6 is 0 Å². The van der Waals surface area contributed by atoms with Gasteiger partial charge < -0.3 is 15.0 Å². The molecule has 0 amide bonds. The third-order valence-corrected chi connectivity index (χ3v) is 2.61. The average Bonchev–Trinajstić information content (AvgIpc) is 2.29. The summed E-state index contributed by atoms with van der Waals surface area (Å²) in [5.74, 6) is 0.909. The highest BCUT2D eigenvalue weighted by Gasteiger charge is 2.16. The van der Waals surface area contributed by atoms with Gasteiger partial charge >= 0.3 is 0 Å². The molecule has 2 heterocycles. The first kappa shape index (κ1) is 10.2. The van der Waals surface area contributed by atoms with Crippen LogP contribution in [0.15, 0.2) is 18.3 Å². The fourth-order valence-electron chi connectivity index (χ4n) is 1.81. The molecule has 1 unspecified atom stereocenters. The van der Waals surface area contributed by atoms with Crippen molar-refractivity contribution in [2.24, 2.45) is 0 Å². The van der Waals surface area contributed by atoms with Crippen LogP contribution in [0.1, 0.15) is 6.92 Å². The van der Waals surface area contributed by atoms with Gasteiger partial charge in [-0.15, -0.1) is 0 Å². The maximum atomic E-state index is 5.51. The number of nitrogens with one attached hydrogen (secondary N) is 1. The van der Waals surface area contributed by atoms with Crippen molar-refractivity contribution in [3.8, 4) is 0 Å². The number of anilines is 2. The molecule has 0 aliphatic carbocycles. The number of nitrogens with zero attached hydrogens (tertiary/aromatic N) is 2. The SMILES string of the molecule is CNc1cc(N2CCOC(C)C2)ccn1. The van der Waals surface area contributed by atoms with Crippen molar-refractivity contribution >= 4 is 11.5 Å². The monoisotopic (exact) mass is 207 g/mol. The van der Waals surface area contributed by atoms with Gasteiger partial charge in [0.15, 0.2) is 0 Å². The van der Waals surface area contributed by atoms with Crippen molar-refractivity contribution in [2.75, 3.05) is 37.0 Å². The number of hydrogen-bond acceptors (Lipinski definition) is 4. The van der Waals surface area contributed by atoms with Crippen LogP contribution in [0, 0.1) is 0 Å². The molecule has 0 spiro atoms. The molecular weight excluding hydrogens is 190 g/mol. The van der Waals surface area contributed by atoms with Crippen LogP contribution in [0.4, 0.5) is 11.5 Å². The van der Waals surface area contributed by atoms with Crippen LogP contribution in [-0.4, -0.2) is 37.8 Å². The molecule has 1 aromatic rings. The van der Waals surface area contributed by atoms with Gasteiger partial charge in [0.05, 0.1) is 12.7 Å². The Bertz CT molecular complexity index is 329. The highest BCUT2D eigenvalue weighted by atomic mass is 16.5. The van der Waals surface area contributed by atoms with Gasteiger partial charge in [-0.1, -0.05) is 0 Å². The van der Waals surface area contributed by atoms with Crippen LogP contribution in [0.3, 0.4) is 0 Å². The maximum Gasteiger partial charge on any atom is 0.127 e. The van der Waals surface area contributed by atoms with Crippen LogP contribution in [0.25, 0.3) is 0 Å². The molecule has 4 nitrogen and oxygen atoms in total. The molecule has 1 aliphatic heterocycles. The molecule has 1 aromatic heterocycles. The zero-order valence-electron chi connectivity index (χ0n) is 9.23. The zero-order chi connectivity index (χ0) is 10.7. The Kier molecular flexibility index (Phi) is 3.06. The van der Waals surface area contributed by atoms with Gasteiger partial charge in [0.2, 0.25) is 0 Å². The first-order valence-corrected chi connectivity index (χ1v) is 5.30. The summed E-state index contributed by atoms with van der Waals surface area (Å²) >= 11 is 0. The lowest BCUT2D eigenvalue weighted by molar-refractivity contribution is 0.0532. The highest BCUT2D eigenvalue weighted by Crippen LogP contribution is 2.19. The van der Waals surface area contributed by atoms with Crippen molar-refractivity contribution in [1.29, 1.82) is 0 Å². The molecule has 82 valence electrons. The second-order valence-electron chi connectivity index (χ2n) is 3.78. The van der Waals surface area contributed by atoms with Gasteiger partial charge in [-0.05, 0) is 13.0 Å². The number of pyridine rings is 1. The minimum Gasteiger partial charge on any atom is -0.375 e. The van der Waals surface area contributed by atoms with Gasteiger partial charge in [0.25, 0.3) is 0 Å². The van der Waals surface area contributed by atoms with Crippen molar-refractivity contribution in [2.45, 2.75) is 13.0 Å². The predicted octanol–water partition coefficient (Wildman–Crippen LogP) is 1.35. The molecule has 0 saturated carbocycles. The molecule has 2 rings (SSSR count). The number of rotatable bonds is 2. The maximum absolute atomic E-state index is 5.51. The van der Waals surface area contributed by atoms with Crippen molar-refractivity contribution in [3.05, 3.63) is 18.3 Å². The quantitative estimate of drug-likeness (QED) is 0.794. The molecule has 1 atom stereocenters. The summed E-state index contributed by atoms with van der Waals surface area (Å²) in [6, 6.07) is 4.11. The Hall–Kier alpha value is -1.29. The van der Waals surface area contributed by atoms with Gasteiger partial charge in [-0.3, -0.25) is 0 Å². The molecule has 1 aliphatic rings. The summed E-state index contributed by atoms with van der Waals surface area (Å²) in [7, 11) is 1.88. The Morgan fingerprint density at radius 2 is 2.47 bits per heavy atom. The molecule has 15 heavy (non-hydrogen) atoms. The minimum atomic E-state index is 0.310. The van der Waals surface area contributed by atoms with E-state index in [2.05, 4.69) is 28.2 Å². The summed E-state index contributed by atoms with van der Waals surface area (Å²) in [6.07, 6.45) is 2.14. The van der Waals surface area contributed by atoms with Gasteiger partial charge in [-0.2, -0.15) is 0 Å². The van der Waals surface area contributed by atoms with E-state index in [-0.39, 0.29) is 0 Å². The first-order chi connectivity index (χ1) is 7.29. The van der Waals surface area contributed by atoms with Crippen LogP contribution in [0.5, 0.6) is 0 Å². The zero-order valence-corrected chi connectivity index (χ0v) is 9.23. The molecule has 1 fully saturated rings. The number of aromatic nitrogens is 1. The molecule has 0 aromatic carbocycles. The van der Waals surface area contributed by atoms with E-state index >= 15 is 0 Å². The topological polar surface area (TPSA) is 37.4 Å². The fourth-order valence-corrected chi connectivity index (χ4v) is 1.81. The molecule has 1 saturated heterocycles. The van der Waals surface area contributed by atoms with E-state index in [0.29, 0.717) is 6.10 Å². The third-order valence-electron chi connectivity index (χ3n) is 2.61.